The summed E-state index contributed by atoms with van der Waals surface area (Å²) < 4.78 is 43.4. The maximum Gasteiger partial charge on any atom is 0.339 e. The number of rotatable bonds is 25. The first-order chi connectivity index (χ1) is 20.3. The molecule has 1 rings (SSSR count). The summed E-state index contributed by atoms with van der Waals surface area (Å²) >= 11 is 0. The molecule has 7 nitrogen and oxygen atoms in total. The van der Waals surface area contributed by atoms with Crippen LogP contribution >= 0.6 is 0 Å². The van der Waals surface area contributed by atoms with E-state index in [-0.39, 0.29) is 24.3 Å². The van der Waals surface area contributed by atoms with Crippen LogP contribution in [0.1, 0.15) is 150 Å². The molecule has 0 amide bonds. The normalized spacial score (nSPS) is 11.9. The van der Waals surface area contributed by atoms with Gasteiger partial charge >= 0.3 is 11.9 Å². The molecule has 1 aromatic carbocycles. The lowest BCUT2D eigenvalue weighted by molar-refractivity contribution is 0.0453. The van der Waals surface area contributed by atoms with E-state index in [0.717, 1.165) is 37.8 Å². The van der Waals surface area contributed by atoms with Gasteiger partial charge in [-0.15, -0.1) is 0 Å². The van der Waals surface area contributed by atoms with Crippen molar-refractivity contribution >= 4 is 22.1 Å². The largest absolute Gasteiger partial charge is 0.462 e. The Balaban J connectivity index is 2.48. The van der Waals surface area contributed by atoms with E-state index in [4.69, 9.17) is 9.47 Å². The molecule has 0 radical (unpaired) electrons. The minimum Gasteiger partial charge on any atom is -0.462 e. The molecular formula is C34H54O7S. The summed E-state index contributed by atoms with van der Waals surface area (Å²) in [4.78, 5) is 25.0. The summed E-state index contributed by atoms with van der Waals surface area (Å²) in [5.41, 5.74) is -0.336. The molecule has 0 aromatic heterocycles. The predicted molar refractivity (Wildman–Crippen MR) is 170 cm³/mol. The molecule has 0 aliphatic rings. The van der Waals surface area contributed by atoms with Crippen LogP contribution in [0.25, 0.3) is 0 Å². The minimum atomic E-state index is -4.57. The summed E-state index contributed by atoms with van der Waals surface area (Å²) in [5.74, 6) is -1.57. The van der Waals surface area contributed by atoms with E-state index >= 15 is 0 Å². The fraction of sp³-hybridized carbons (Fsp3) is 0.647. The molecule has 0 heterocycles. The van der Waals surface area contributed by atoms with Gasteiger partial charge in [-0.2, -0.15) is 8.42 Å². The number of esters is 2. The van der Waals surface area contributed by atoms with E-state index in [2.05, 4.69) is 38.2 Å². The Hall–Kier alpha value is -2.45. The first-order valence-electron chi connectivity index (χ1n) is 16.1. The molecule has 238 valence electrons. The van der Waals surface area contributed by atoms with Gasteiger partial charge in [0.15, 0.2) is 0 Å². The quantitative estimate of drug-likeness (QED) is 0.0511. The fourth-order valence-electron chi connectivity index (χ4n) is 4.47. The Morgan fingerprint density at radius 1 is 0.619 bits per heavy atom. The van der Waals surface area contributed by atoms with Crippen LogP contribution in [0.4, 0.5) is 0 Å². The average molecular weight is 607 g/mol. The lowest BCUT2D eigenvalue weighted by Crippen LogP contribution is -2.16. The number of carbonyl (C=O) groups excluding carboxylic acids is 2. The average Bonchev–Trinajstić information content (AvgIpc) is 2.97. The van der Waals surface area contributed by atoms with Crippen molar-refractivity contribution in [2.75, 3.05) is 13.2 Å². The van der Waals surface area contributed by atoms with Gasteiger partial charge in [-0.05, 0) is 69.6 Å². The molecule has 8 heteroatoms. The standard InChI is InChI=1S/C34H54O7S/c1-3-5-7-9-11-13-15-17-19-21-23-27-40-33(35)31-26-25-30(42(37,38)39)29-32(31)34(36)41-28-24-22-20-18-16-14-12-10-8-6-4-2/h17-20,25-26,29H,3-16,21-24,27-28H2,1-2H3,(H,37,38,39)/b19-17+,20-18+. The highest BCUT2D eigenvalue weighted by Crippen LogP contribution is 2.19. The molecule has 1 aromatic rings. The fourth-order valence-corrected chi connectivity index (χ4v) is 4.98. The van der Waals surface area contributed by atoms with Crippen LogP contribution in [0, 0.1) is 0 Å². The van der Waals surface area contributed by atoms with Crippen molar-refractivity contribution in [3.63, 3.8) is 0 Å². The summed E-state index contributed by atoms with van der Waals surface area (Å²) in [7, 11) is -4.57. The Kier molecular flexibility index (Phi) is 21.5. The smallest absolute Gasteiger partial charge is 0.339 e. The first-order valence-corrected chi connectivity index (χ1v) is 17.5. The lowest BCUT2D eigenvalue weighted by atomic mass is 10.1. The summed E-state index contributed by atoms with van der Waals surface area (Å²) in [6.45, 7) is 4.71. The van der Waals surface area contributed by atoms with Crippen molar-refractivity contribution in [1.82, 2.24) is 0 Å². The van der Waals surface area contributed by atoms with Crippen molar-refractivity contribution in [1.29, 1.82) is 0 Å². The second-order valence-corrected chi connectivity index (χ2v) is 12.2. The van der Waals surface area contributed by atoms with Gasteiger partial charge in [-0.3, -0.25) is 4.55 Å². The van der Waals surface area contributed by atoms with Gasteiger partial charge < -0.3 is 9.47 Å². The van der Waals surface area contributed by atoms with Crippen molar-refractivity contribution < 1.29 is 32.0 Å². The predicted octanol–water partition coefficient (Wildman–Crippen LogP) is 9.42. The van der Waals surface area contributed by atoms with E-state index in [9.17, 15) is 22.6 Å². The van der Waals surface area contributed by atoms with Gasteiger partial charge in [0.2, 0.25) is 0 Å². The molecule has 0 saturated heterocycles. The molecule has 0 atom stereocenters. The zero-order valence-corrected chi connectivity index (χ0v) is 26.8. The van der Waals surface area contributed by atoms with Crippen LogP contribution < -0.4 is 0 Å². The van der Waals surface area contributed by atoms with Crippen molar-refractivity contribution in [2.24, 2.45) is 0 Å². The number of unbranched alkanes of at least 4 members (excludes halogenated alkanes) is 14. The van der Waals surface area contributed by atoms with Gasteiger partial charge in [0.05, 0.1) is 29.2 Å². The van der Waals surface area contributed by atoms with Crippen LogP contribution in [-0.2, 0) is 19.6 Å². The Bertz CT molecular complexity index is 1040. The molecule has 0 bridgehead atoms. The van der Waals surface area contributed by atoms with E-state index < -0.39 is 27.0 Å². The van der Waals surface area contributed by atoms with E-state index in [1.807, 2.05) is 0 Å². The zero-order valence-electron chi connectivity index (χ0n) is 26.0. The summed E-state index contributed by atoms with van der Waals surface area (Å²) in [6.07, 6.45) is 28.4. The molecule has 1 N–H and O–H groups in total. The van der Waals surface area contributed by atoms with Crippen LogP contribution in [0.15, 0.2) is 47.4 Å². The number of hydrogen-bond donors (Lipinski definition) is 1. The monoisotopic (exact) mass is 606 g/mol. The maximum absolute atomic E-state index is 12.8. The lowest BCUT2D eigenvalue weighted by Gasteiger charge is -2.11. The van der Waals surface area contributed by atoms with Crippen LogP contribution in [0.2, 0.25) is 0 Å². The third-order valence-electron chi connectivity index (χ3n) is 7.01. The Labute approximate surface area is 254 Å². The van der Waals surface area contributed by atoms with Crippen LogP contribution in [0.3, 0.4) is 0 Å². The van der Waals surface area contributed by atoms with Crippen LogP contribution in [0.5, 0.6) is 0 Å². The molecule has 42 heavy (non-hydrogen) atoms. The molecule has 0 aliphatic carbocycles. The van der Waals surface area contributed by atoms with Gasteiger partial charge in [0.25, 0.3) is 10.1 Å². The number of benzene rings is 1. The number of ether oxygens (including phenoxy) is 2. The molecule has 0 saturated carbocycles. The second-order valence-electron chi connectivity index (χ2n) is 10.8. The molecule has 0 unspecified atom stereocenters. The third kappa shape index (κ3) is 18.2. The highest BCUT2D eigenvalue weighted by molar-refractivity contribution is 7.85. The zero-order chi connectivity index (χ0) is 30.9. The summed E-state index contributed by atoms with van der Waals surface area (Å²) in [5, 5.41) is 0. The third-order valence-corrected chi connectivity index (χ3v) is 7.86. The second kappa shape index (κ2) is 24.0. The Morgan fingerprint density at radius 3 is 1.48 bits per heavy atom. The van der Waals surface area contributed by atoms with Crippen molar-refractivity contribution in [3.8, 4) is 0 Å². The minimum absolute atomic E-state index is 0.0927. The van der Waals surface area contributed by atoms with Gasteiger partial charge in [0, 0.05) is 0 Å². The van der Waals surface area contributed by atoms with Gasteiger partial charge in [0.1, 0.15) is 0 Å². The van der Waals surface area contributed by atoms with Crippen molar-refractivity contribution in [2.45, 2.75) is 134 Å². The van der Waals surface area contributed by atoms with Crippen LogP contribution in [-0.4, -0.2) is 38.1 Å². The van der Waals surface area contributed by atoms with E-state index in [1.165, 1.54) is 83.1 Å². The molecule has 0 fully saturated rings. The number of carbonyl (C=O) groups is 2. The first kappa shape index (κ1) is 37.6. The van der Waals surface area contributed by atoms with E-state index in [1.54, 1.807) is 0 Å². The highest BCUT2D eigenvalue weighted by Gasteiger charge is 2.23. The number of hydrogen-bond acceptors (Lipinski definition) is 6. The maximum atomic E-state index is 12.8. The van der Waals surface area contributed by atoms with Gasteiger partial charge in [-0.25, -0.2) is 9.59 Å². The Morgan fingerprint density at radius 2 is 1.02 bits per heavy atom. The summed E-state index contributed by atoms with van der Waals surface area (Å²) in [6, 6.07) is 3.20. The topological polar surface area (TPSA) is 107 Å². The number of allylic oxidation sites excluding steroid dienone is 4. The SMILES string of the molecule is CCCCCCCC/C=C/CCCOC(=O)c1ccc(S(=O)(=O)O)cc1C(=O)OCCC/C=C/CCCCCCCC. The molecule has 0 aliphatic heterocycles. The molecular weight excluding hydrogens is 552 g/mol. The van der Waals surface area contributed by atoms with Gasteiger partial charge in [-0.1, -0.05) is 102 Å². The highest BCUT2D eigenvalue weighted by atomic mass is 32.2. The molecule has 0 spiro atoms. The van der Waals surface area contributed by atoms with Crippen molar-refractivity contribution in [3.05, 3.63) is 53.6 Å². The van der Waals surface area contributed by atoms with E-state index in [0.29, 0.717) is 12.8 Å².